The predicted octanol–water partition coefficient (Wildman–Crippen LogP) is 3.05. The molecule has 1 fully saturated rings. The van der Waals surface area contributed by atoms with E-state index in [1.807, 2.05) is 4.90 Å². The van der Waals surface area contributed by atoms with Crippen LogP contribution >= 0.6 is 15.9 Å². The molecule has 1 aliphatic rings. The molecule has 1 aromatic carbocycles. The van der Waals surface area contributed by atoms with Crippen LogP contribution in [0.3, 0.4) is 0 Å². The van der Waals surface area contributed by atoms with Gasteiger partial charge in [-0.15, -0.1) is 0 Å². The lowest BCUT2D eigenvalue weighted by Gasteiger charge is -2.24. The second-order valence-corrected chi connectivity index (χ2v) is 5.48. The number of halogens is 1. The van der Waals surface area contributed by atoms with Gasteiger partial charge in [0.05, 0.1) is 10.9 Å². The van der Waals surface area contributed by atoms with Crippen LogP contribution in [-0.2, 0) is 4.79 Å². The fourth-order valence-corrected chi connectivity index (χ4v) is 2.54. The number of alkyl halides is 1. The molecule has 0 aromatic heterocycles. The first-order valence-electron chi connectivity index (χ1n) is 5.60. The third-order valence-corrected chi connectivity index (χ3v) is 4.05. The van der Waals surface area contributed by atoms with Crippen molar-refractivity contribution in [3.05, 3.63) is 35.4 Å². The number of aryl methyl sites for hydroxylation is 1. The van der Waals surface area contributed by atoms with Gasteiger partial charge < -0.3 is 4.90 Å². The number of benzene rings is 1. The first-order valence-corrected chi connectivity index (χ1v) is 6.52. The summed E-state index contributed by atoms with van der Waals surface area (Å²) < 4.78 is 0. The minimum atomic E-state index is 0.0143. The molecule has 3 heteroatoms. The molecule has 2 rings (SSSR count). The zero-order valence-corrected chi connectivity index (χ0v) is 11.2. The lowest BCUT2D eigenvalue weighted by atomic mass is 10.1. The molecule has 0 radical (unpaired) electrons. The molecule has 0 N–H and O–H groups in total. The van der Waals surface area contributed by atoms with Crippen LogP contribution < -0.4 is 0 Å². The van der Waals surface area contributed by atoms with Crippen molar-refractivity contribution in [3.63, 3.8) is 0 Å². The van der Waals surface area contributed by atoms with Crippen molar-refractivity contribution in [2.45, 2.75) is 31.1 Å². The third kappa shape index (κ3) is 2.14. The van der Waals surface area contributed by atoms with Gasteiger partial charge in [-0.05, 0) is 25.8 Å². The number of carbonyl (C=O) groups excluding carboxylic acids is 1. The van der Waals surface area contributed by atoms with Crippen LogP contribution in [0.25, 0.3) is 0 Å². The van der Waals surface area contributed by atoms with Gasteiger partial charge in [-0.2, -0.15) is 0 Å². The van der Waals surface area contributed by atoms with E-state index in [0.29, 0.717) is 0 Å². The summed E-state index contributed by atoms with van der Waals surface area (Å²) in [7, 11) is 0. The highest BCUT2D eigenvalue weighted by molar-refractivity contribution is 9.10. The maximum atomic E-state index is 11.9. The van der Waals surface area contributed by atoms with Gasteiger partial charge in [0.1, 0.15) is 0 Å². The highest BCUT2D eigenvalue weighted by Gasteiger charge is 2.32. The van der Waals surface area contributed by atoms with Crippen molar-refractivity contribution in [1.29, 1.82) is 0 Å². The molecule has 1 amide bonds. The largest absolute Gasteiger partial charge is 0.335 e. The maximum absolute atomic E-state index is 11.9. The number of carbonyl (C=O) groups is 1. The number of rotatable bonds is 2. The van der Waals surface area contributed by atoms with Crippen molar-refractivity contribution in [2.75, 3.05) is 6.54 Å². The molecule has 16 heavy (non-hydrogen) atoms. The fraction of sp³-hybridized carbons (Fsp3) is 0.462. The third-order valence-electron chi connectivity index (χ3n) is 3.20. The number of likely N-dealkylation sites (tertiary alicyclic amines) is 1. The second kappa shape index (κ2) is 4.58. The summed E-state index contributed by atoms with van der Waals surface area (Å²) in [5, 5.41) is 0. The monoisotopic (exact) mass is 281 g/mol. The Kier molecular flexibility index (Phi) is 3.33. The standard InChI is InChI=1S/C13H16BrNO/c1-9-3-5-11(6-4-9)10(2)15-8-7-12(14)13(15)16/h3-6,10,12H,7-8H2,1-2H3. The molecule has 1 saturated heterocycles. The lowest BCUT2D eigenvalue weighted by molar-refractivity contribution is -0.128. The van der Waals surface area contributed by atoms with Gasteiger partial charge in [0.2, 0.25) is 5.91 Å². The average molecular weight is 282 g/mol. The van der Waals surface area contributed by atoms with Crippen LogP contribution in [0.5, 0.6) is 0 Å². The van der Waals surface area contributed by atoms with Crippen LogP contribution in [0.2, 0.25) is 0 Å². The first kappa shape index (κ1) is 11.6. The van der Waals surface area contributed by atoms with Crippen molar-refractivity contribution in [2.24, 2.45) is 0 Å². The van der Waals surface area contributed by atoms with Crippen LogP contribution in [0.15, 0.2) is 24.3 Å². The molecule has 0 spiro atoms. The van der Waals surface area contributed by atoms with Crippen molar-refractivity contribution >= 4 is 21.8 Å². The van der Waals surface area contributed by atoms with E-state index < -0.39 is 0 Å². The number of nitrogens with zero attached hydrogens (tertiary/aromatic N) is 1. The van der Waals surface area contributed by atoms with E-state index in [1.54, 1.807) is 0 Å². The lowest BCUT2D eigenvalue weighted by Crippen LogP contribution is -2.30. The zero-order chi connectivity index (χ0) is 11.7. The average Bonchev–Trinajstić information content (AvgIpc) is 2.60. The summed E-state index contributed by atoms with van der Waals surface area (Å²) in [5.74, 6) is 0.216. The number of hydrogen-bond donors (Lipinski definition) is 0. The zero-order valence-electron chi connectivity index (χ0n) is 9.61. The molecular weight excluding hydrogens is 266 g/mol. The van der Waals surface area contributed by atoms with E-state index >= 15 is 0 Å². The minimum absolute atomic E-state index is 0.0143. The van der Waals surface area contributed by atoms with Crippen LogP contribution in [0.1, 0.15) is 30.5 Å². The van der Waals surface area contributed by atoms with Crippen molar-refractivity contribution < 1.29 is 4.79 Å². The fourth-order valence-electron chi connectivity index (χ4n) is 2.08. The number of hydrogen-bond acceptors (Lipinski definition) is 1. The number of amides is 1. The highest BCUT2D eigenvalue weighted by atomic mass is 79.9. The highest BCUT2D eigenvalue weighted by Crippen LogP contribution is 2.28. The van der Waals surface area contributed by atoms with E-state index in [0.717, 1.165) is 13.0 Å². The summed E-state index contributed by atoms with van der Waals surface area (Å²) in [6.45, 7) is 5.02. The molecule has 0 saturated carbocycles. The molecule has 2 unspecified atom stereocenters. The van der Waals surface area contributed by atoms with Gasteiger partial charge in [-0.1, -0.05) is 45.8 Å². The SMILES string of the molecule is Cc1ccc(C(C)N2CCC(Br)C2=O)cc1. The minimum Gasteiger partial charge on any atom is -0.335 e. The maximum Gasteiger partial charge on any atom is 0.236 e. The van der Waals surface area contributed by atoms with Gasteiger partial charge in [0, 0.05) is 6.54 Å². The molecule has 2 atom stereocenters. The Labute approximate surface area is 105 Å². The Morgan fingerprint density at radius 3 is 2.50 bits per heavy atom. The summed E-state index contributed by atoms with van der Waals surface area (Å²) in [4.78, 5) is 13.8. The summed E-state index contributed by atoms with van der Waals surface area (Å²) >= 11 is 3.41. The Balaban J connectivity index is 2.16. The molecule has 86 valence electrons. The van der Waals surface area contributed by atoms with E-state index in [1.165, 1.54) is 11.1 Å². The van der Waals surface area contributed by atoms with Gasteiger partial charge in [-0.3, -0.25) is 4.79 Å². The van der Waals surface area contributed by atoms with Crippen molar-refractivity contribution in [1.82, 2.24) is 4.90 Å². The molecular formula is C13H16BrNO. The normalized spacial score (nSPS) is 22.6. The molecule has 1 heterocycles. The summed E-state index contributed by atoms with van der Waals surface area (Å²) in [6.07, 6.45) is 0.912. The van der Waals surface area contributed by atoms with Gasteiger partial charge in [-0.25, -0.2) is 0 Å². The van der Waals surface area contributed by atoms with E-state index in [2.05, 4.69) is 54.0 Å². The van der Waals surface area contributed by atoms with Crippen molar-refractivity contribution in [3.8, 4) is 0 Å². The van der Waals surface area contributed by atoms with Gasteiger partial charge in [0.15, 0.2) is 0 Å². The summed E-state index contributed by atoms with van der Waals surface area (Å²) in [6, 6.07) is 8.58. The molecule has 1 aliphatic heterocycles. The van der Waals surface area contributed by atoms with Gasteiger partial charge in [0.25, 0.3) is 0 Å². The predicted molar refractivity (Wildman–Crippen MR) is 68.6 cm³/mol. The smallest absolute Gasteiger partial charge is 0.236 e. The van der Waals surface area contributed by atoms with E-state index in [9.17, 15) is 4.79 Å². The van der Waals surface area contributed by atoms with Gasteiger partial charge >= 0.3 is 0 Å². The Morgan fingerprint density at radius 1 is 1.38 bits per heavy atom. The Morgan fingerprint density at radius 2 is 2.00 bits per heavy atom. The first-order chi connectivity index (χ1) is 7.59. The van der Waals surface area contributed by atoms with E-state index in [-0.39, 0.29) is 16.8 Å². The molecule has 0 bridgehead atoms. The summed E-state index contributed by atoms with van der Waals surface area (Å²) in [5.41, 5.74) is 2.46. The van der Waals surface area contributed by atoms with E-state index in [4.69, 9.17) is 0 Å². The quantitative estimate of drug-likeness (QED) is 0.763. The second-order valence-electron chi connectivity index (χ2n) is 4.37. The Bertz CT molecular complexity index is 387. The van der Waals surface area contributed by atoms with Crippen LogP contribution in [-0.4, -0.2) is 22.2 Å². The topological polar surface area (TPSA) is 20.3 Å². The molecule has 0 aliphatic carbocycles. The van der Waals surface area contributed by atoms with Crippen LogP contribution in [0.4, 0.5) is 0 Å². The molecule has 2 nitrogen and oxygen atoms in total. The molecule has 1 aromatic rings. The Hall–Kier alpha value is -0.830. The van der Waals surface area contributed by atoms with Crippen LogP contribution in [0, 0.1) is 6.92 Å².